The number of aliphatic imine (C=N–C) groups is 1. The third kappa shape index (κ3) is 5.28. The number of rotatable bonds is 6. The number of halogens is 1. The number of hydrogen-bond acceptors (Lipinski definition) is 3. The lowest BCUT2D eigenvalue weighted by Gasteiger charge is -2.36. The van der Waals surface area contributed by atoms with Gasteiger partial charge in [-0.1, -0.05) is 0 Å². The van der Waals surface area contributed by atoms with Crippen molar-refractivity contribution in [2.45, 2.75) is 45.4 Å². The molecule has 0 aromatic rings. The topological polar surface area (TPSA) is 51.2 Å². The summed E-state index contributed by atoms with van der Waals surface area (Å²) in [4.78, 5) is 24.1. The van der Waals surface area contributed by atoms with Crippen LogP contribution in [0, 0.1) is 11.3 Å². The van der Waals surface area contributed by atoms with Crippen LogP contribution in [-0.4, -0.2) is 85.5 Å². The van der Waals surface area contributed by atoms with Crippen LogP contribution >= 0.6 is 24.0 Å². The van der Waals surface area contributed by atoms with Crippen molar-refractivity contribution in [1.82, 2.24) is 20.0 Å². The zero-order valence-electron chi connectivity index (χ0n) is 16.8. The summed E-state index contributed by atoms with van der Waals surface area (Å²) >= 11 is 0. The first kappa shape index (κ1) is 21.1. The monoisotopic (exact) mass is 489 g/mol. The molecule has 2 saturated carbocycles. The number of nitrogens with one attached hydrogen (secondary N) is 1. The van der Waals surface area contributed by atoms with Gasteiger partial charge >= 0.3 is 0 Å². The molecule has 7 heteroatoms. The van der Waals surface area contributed by atoms with Crippen LogP contribution in [-0.2, 0) is 4.79 Å². The van der Waals surface area contributed by atoms with Crippen LogP contribution in [0.2, 0.25) is 0 Å². The maximum Gasteiger partial charge on any atom is 0.236 e. The van der Waals surface area contributed by atoms with E-state index in [1.54, 1.807) is 0 Å². The van der Waals surface area contributed by atoms with Crippen molar-refractivity contribution in [3.8, 4) is 0 Å². The van der Waals surface area contributed by atoms with E-state index >= 15 is 0 Å². The maximum absolute atomic E-state index is 12.4. The van der Waals surface area contributed by atoms with Crippen LogP contribution in [0.15, 0.2) is 4.99 Å². The summed E-state index contributed by atoms with van der Waals surface area (Å²) in [7, 11) is 0. The quantitative estimate of drug-likeness (QED) is 0.353. The molecule has 1 N–H and O–H groups in total. The Morgan fingerprint density at radius 1 is 1.04 bits per heavy atom. The van der Waals surface area contributed by atoms with Gasteiger partial charge in [-0.3, -0.25) is 14.7 Å². The van der Waals surface area contributed by atoms with Crippen LogP contribution in [0.25, 0.3) is 0 Å². The van der Waals surface area contributed by atoms with Gasteiger partial charge in [-0.15, -0.1) is 24.0 Å². The highest BCUT2D eigenvalue weighted by Crippen LogP contribution is 2.61. The number of carbonyl (C=O) groups is 1. The Hall–Kier alpha value is -0.570. The molecule has 4 rings (SSSR count). The van der Waals surface area contributed by atoms with Gasteiger partial charge < -0.3 is 15.1 Å². The maximum atomic E-state index is 12.4. The molecule has 2 saturated heterocycles. The molecule has 27 heavy (non-hydrogen) atoms. The van der Waals surface area contributed by atoms with Gasteiger partial charge in [-0.05, 0) is 56.8 Å². The highest BCUT2D eigenvalue weighted by atomic mass is 127. The van der Waals surface area contributed by atoms with Gasteiger partial charge in [0.15, 0.2) is 5.96 Å². The molecule has 2 heterocycles. The molecule has 2 aliphatic carbocycles. The minimum atomic E-state index is 0. The second-order valence-electron chi connectivity index (χ2n) is 8.66. The molecule has 0 bridgehead atoms. The van der Waals surface area contributed by atoms with Crippen molar-refractivity contribution < 1.29 is 4.79 Å². The molecule has 0 aromatic heterocycles. The summed E-state index contributed by atoms with van der Waals surface area (Å²) in [6.07, 6.45) is 7.96. The van der Waals surface area contributed by atoms with Crippen molar-refractivity contribution in [3.63, 3.8) is 0 Å². The third-order valence-corrected chi connectivity index (χ3v) is 6.70. The number of guanidine groups is 1. The van der Waals surface area contributed by atoms with Gasteiger partial charge in [-0.25, -0.2) is 0 Å². The Kier molecular flexibility index (Phi) is 7.27. The van der Waals surface area contributed by atoms with E-state index in [1.807, 2.05) is 4.90 Å². The van der Waals surface area contributed by atoms with Crippen LogP contribution in [0.4, 0.5) is 0 Å². The molecule has 6 nitrogen and oxygen atoms in total. The van der Waals surface area contributed by atoms with Gasteiger partial charge in [0, 0.05) is 52.4 Å². The molecule has 2 aliphatic heterocycles. The van der Waals surface area contributed by atoms with Gasteiger partial charge in [0.2, 0.25) is 5.91 Å². The summed E-state index contributed by atoms with van der Waals surface area (Å²) in [5.74, 6) is 2.36. The van der Waals surface area contributed by atoms with E-state index in [4.69, 9.17) is 4.99 Å². The SMILES string of the molecule is CCNC(=NCC1(C2CC2)CC1)N1CCN(CC(=O)N2CCCC2)CC1.I. The first-order valence-corrected chi connectivity index (χ1v) is 10.7. The number of nitrogens with zero attached hydrogens (tertiary/aromatic N) is 4. The lowest BCUT2D eigenvalue weighted by molar-refractivity contribution is -0.131. The van der Waals surface area contributed by atoms with Gasteiger partial charge in [0.05, 0.1) is 6.54 Å². The zero-order chi connectivity index (χ0) is 18.0. The zero-order valence-corrected chi connectivity index (χ0v) is 19.1. The number of likely N-dealkylation sites (tertiary alicyclic amines) is 1. The van der Waals surface area contributed by atoms with Crippen LogP contribution in [0.5, 0.6) is 0 Å². The predicted octanol–water partition coefficient (Wildman–Crippen LogP) is 2.00. The smallest absolute Gasteiger partial charge is 0.236 e. The van der Waals surface area contributed by atoms with E-state index in [1.165, 1.54) is 38.5 Å². The summed E-state index contributed by atoms with van der Waals surface area (Å²) in [6.45, 7) is 10.4. The van der Waals surface area contributed by atoms with Gasteiger partial charge in [0.1, 0.15) is 0 Å². The fourth-order valence-corrected chi connectivity index (χ4v) is 4.59. The Morgan fingerprint density at radius 3 is 2.26 bits per heavy atom. The molecular formula is C20H36IN5O. The summed E-state index contributed by atoms with van der Waals surface area (Å²) in [6, 6.07) is 0. The molecule has 0 aromatic carbocycles. The van der Waals surface area contributed by atoms with Crippen molar-refractivity contribution in [1.29, 1.82) is 0 Å². The summed E-state index contributed by atoms with van der Waals surface area (Å²) in [5, 5.41) is 3.49. The van der Waals surface area contributed by atoms with Gasteiger partial charge in [0.25, 0.3) is 0 Å². The summed E-state index contributed by atoms with van der Waals surface area (Å²) < 4.78 is 0. The average molecular weight is 489 g/mol. The normalized spacial score (nSPS) is 25.3. The largest absolute Gasteiger partial charge is 0.357 e. The number of hydrogen-bond donors (Lipinski definition) is 1. The molecule has 4 aliphatic rings. The molecule has 0 radical (unpaired) electrons. The molecule has 4 fully saturated rings. The van der Waals surface area contributed by atoms with Crippen LogP contribution in [0.1, 0.15) is 45.4 Å². The van der Waals surface area contributed by atoms with Crippen LogP contribution < -0.4 is 5.32 Å². The number of amides is 1. The van der Waals surface area contributed by atoms with Crippen molar-refractivity contribution >= 4 is 35.8 Å². The van der Waals surface area contributed by atoms with E-state index in [0.29, 0.717) is 17.9 Å². The van der Waals surface area contributed by atoms with E-state index < -0.39 is 0 Å². The van der Waals surface area contributed by atoms with Gasteiger partial charge in [-0.2, -0.15) is 0 Å². The fraction of sp³-hybridized carbons (Fsp3) is 0.900. The molecule has 0 spiro atoms. The van der Waals surface area contributed by atoms with Crippen LogP contribution in [0.3, 0.4) is 0 Å². The number of piperazine rings is 1. The molecule has 0 atom stereocenters. The van der Waals surface area contributed by atoms with Crippen molar-refractivity contribution in [3.05, 3.63) is 0 Å². The molecule has 0 unspecified atom stereocenters. The number of carbonyl (C=O) groups excluding carboxylic acids is 1. The Balaban J connectivity index is 0.00000210. The summed E-state index contributed by atoms with van der Waals surface area (Å²) in [5.41, 5.74) is 0.560. The minimum Gasteiger partial charge on any atom is -0.357 e. The van der Waals surface area contributed by atoms with Crippen molar-refractivity contribution in [2.75, 3.05) is 58.9 Å². The van der Waals surface area contributed by atoms with Crippen molar-refractivity contribution in [2.24, 2.45) is 16.3 Å². The van der Waals surface area contributed by atoms with E-state index in [-0.39, 0.29) is 24.0 Å². The Bertz CT molecular complexity index is 532. The van der Waals surface area contributed by atoms with E-state index in [9.17, 15) is 4.79 Å². The molecule has 154 valence electrons. The Labute approximate surface area is 181 Å². The minimum absolute atomic E-state index is 0. The second-order valence-corrected chi connectivity index (χ2v) is 8.66. The highest BCUT2D eigenvalue weighted by Gasteiger charge is 2.53. The fourth-order valence-electron chi connectivity index (χ4n) is 4.59. The third-order valence-electron chi connectivity index (χ3n) is 6.70. The average Bonchev–Trinajstić information content (AvgIpc) is 3.57. The lowest BCUT2D eigenvalue weighted by atomic mass is 10.0. The lowest BCUT2D eigenvalue weighted by Crippen LogP contribution is -2.54. The second kappa shape index (κ2) is 9.29. The predicted molar refractivity (Wildman–Crippen MR) is 120 cm³/mol. The highest BCUT2D eigenvalue weighted by molar-refractivity contribution is 14.0. The molecule has 1 amide bonds. The first-order chi connectivity index (χ1) is 12.7. The standard InChI is InChI=1S/C20H35N5O.HI/c1-2-21-19(22-16-20(7-8-20)17-5-6-17)25-13-11-23(12-14-25)15-18(26)24-9-3-4-10-24;/h17H,2-16H2,1H3,(H,21,22);1H. The molecular weight excluding hydrogens is 453 g/mol. The first-order valence-electron chi connectivity index (χ1n) is 10.7. The van der Waals surface area contributed by atoms with E-state index in [0.717, 1.165) is 64.2 Å². The Morgan fingerprint density at radius 2 is 1.70 bits per heavy atom. The van der Waals surface area contributed by atoms with E-state index in [2.05, 4.69) is 22.0 Å².